The van der Waals surface area contributed by atoms with Crippen LogP contribution in [0.2, 0.25) is 0 Å². The minimum absolute atomic E-state index is 0.0153. The van der Waals surface area contributed by atoms with Gasteiger partial charge in [0.05, 0.1) is 11.0 Å². The molecule has 1 aromatic heterocycles. The molecule has 0 bridgehead atoms. The summed E-state index contributed by atoms with van der Waals surface area (Å²) < 4.78 is 0. The first-order chi connectivity index (χ1) is 14.1. The number of likely N-dealkylation sites (tertiary alicyclic amines) is 1. The van der Waals surface area contributed by atoms with Gasteiger partial charge in [-0.3, -0.25) is 4.79 Å². The van der Waals surface area contributed by atoms with E-state index in [0.717, 1.165) is 22.5 Å². The zero-order valence-electron chi connectivity index (χ0n) is 16.0. The number of nitrogens with zero attached hydrogens (tertiary/aromatic N) is 2. The van der Waals surface area contributed by atoms with Crippen LogP contribution in [0, 0.1) is 11.8 Å². The summed E-state index contributed by atoms with van der Waals surface area (Å²) in [6.45, 7) is 1.06. The molecule has 1 fully saturated rings. The van der Waals surface area contributed by atoms with Crippen molar-refractivity contribution < 1.29 is 14.7 Å². The lowest BCUT2D eigenvalue weighted by atomic mass is 9.81. The number of carbonyl (C=O) groups excluding carboxylic acids is 1. The van der Waals surface area contributed by atoms with Gasteiger partial charge in [0.2, 0.25) is 0 Å². The maximum Gasteiger partial charge on any atom is 0.321 e. The number of para-hydroxylation sites is 3. The summed E-state index contributed by atoms with van der Waals surface area (Å²) in [6.07, 6.45) is 1.39. The highest BCUT2D eigenvalue weighted by Crippen LogP contribution is 2.30. The number of piperidine rings is 1. The van der Waals surface area contributed by atoms with Crippen LogP contribution in [0.5, 0.6) is 0 Å². The first-order valence-electron chi connectivity index (χ1n) is 9.85. The third kappa shape index (κ3) is 4.56. The van der Waals surface area contributed by atoms with E-state index in [-0.39, 0.29) is 24.3 Å². The Hall–Kier alpha value is -3.35. The molecule has 3 aromatic rings. The number of amides is 2. The van der Waals surface area contributed by atoms with Crippen molar-refractivity contribution >= 4 is 28.7 Å². The topological polar surface area (TPSA) is 98.3 Å². The largest absolute Gasteiger partial charge is 0.481 e. The van der Waals surface area contributed by atoms with Crippen LogP contribution in [0.15, 0.2) is 54.6 Å². The number of carbonyl (C=O) groups is 2. The van der Waals surface area contributed by atoms with Crippen LogP contribution in [0.25, 0.3) is 11.0 Å². The predicted molar refractivity (Wildman–Crippen MR) is 111 cm³/mol. The number of nitrogens with one attached hydrogen (secondary N) is 2. The van der Waals surface area contributed by atoms with Gasteiger partial charge in [-0.15, -0.1) is 0 Å². The summed E-state index contributed by atoms with van der Waals surface area (Å²) in [5.41, 5.74) is 2.61. The minimum Gasteiger partial charge on any atom is -0.481 e. The van der Waals surface area contributed by atoms with Crippen molar-refractivity contribution in [2.24, 2.45) is 11.8 Å². The van der Waals surface area contributed by atoms with Gasteiger partial charge >= 0.3 is 12.0 Å². The van der Waals surface area contributed by atoms with Gasteiger partial charge in [0, 0.05) is 31.6 Å². The van der Waals surface area contributed by atoms with Crippen molar-refractivity contribution in [2.45, 2.75) is 19.3 Å². The molecule has 3 N–H and O–H groups in total. The number of hydrogen-bond acceptors (Lipinski definition) is 3. The molecule has 150 valence electrons. The molecule has 2 amide bonds. The number of imidazole rings is 1. The Labute approximate surface area is 168 Å². The fourth-order valence-corrected chi connectivity index (χ4v) is 4.06. The predicted octanol–water partition coefficient (Wildman–Crippen LogP) is 3.75. The molecule has 0 aliphatic carbocycles. The molecule has 0 radical (unpaired) electrons. The highest BCUT2D eigenvalue weighted by atomic mass is 16.4. The Kier molecular flexibility index (Phi) is 5.46. The van der Waals surface area contributed by atoms with Crippen LogP contribution in [0.3, 0.4) is 0 Å². The number of benzene rings is 2. The van der Waals surface area contributed by atoms with Gasteiger partial charge in [-0.25, -0.2) is 9.78 Å². The van der Waals surface area contributed by atoms with Gasteiger partial charge in [0.25, 0.3) is 0 Å². The average molecular weight is 392 g/mol. The van der Waals surface area contributed by atoms with Crippen molar-refractivity contribution in [3.8, 4) is 0 Å². The third-order valence-electron chi connectivity index (χ3n) is 5.53. The summed E-state index contributed by atoms with van der Waals surface area (Å²) in [4.78, 5) is 33.8. The third-order valence-corrected chi connectivity index (χ3v) is 5.53. The minimum atomic E-state index is -0.799. The Bertz CT molecular complexity index is 968. The Morgan fingerprint density at radius 2 is 1.86 bits per heavy atom. The molecule has 2 heterocycles. The number of aromatic nitrogens is 2. The van der Waals surface area contributed by atoms with E-state index in [2.05, 4.69) is 15.3 Å². The molecule has 1 aliphatic rings. The molecule has 7 heteroatoms. The van der Waals surface area contributed by atoms with E-state index >= 15 is 0 Å². The zero-order valence-corrected chi connectivity index (χ0v) is 16.0. The molecular weight excluding hydrogens is 368 g/mol. The standard InChI is InChI=1S/C22H24N4O3/c27-21(28)13-15-10-11-26(22(29)23-17-6-2-1-3-7-17)14-16(15)12-20-24-18-8-4-5-9-19(18)25-20/h1-9,15-16H,10-14H2,(H,23,29)(H,24,25)(H,27,28). The molecule has 4 rings (SSSR count). The normalized spacial score (nSPS) is 19.2. The summed E-state index contributed by atoms with van der Waals surface area (Å²) in [5, 5.41) is 12.2. The fourth-order valence-electron chi connectivity index (χ4n) is 4.06. The molecule has 0 spiro atoms. The summed E-state index contributed by atoms with van der Waals surface area (Å²) in [7, 11) is 0. The molecule has 2 unspecified atom stereocenters. The number of hydrogen-bond donors (Lipinski definition) is 3. The summed E-state index contributed by atoms with van der Waals surface area (Å²) >= 11 is 0. The van der Waals surface area contributed by atoms with E-state index in [1.54, 1.807) is 4.90 Å². The van der Waals surface area contributed by atoms with Crippen LogP contribution in [0.1, 0.15) is 18.7 Å². The number of fused-ring (bicyclic) bond motifs is 1. The van der Waals surface area contributed by atoms with Crippen molar-refractivity contribution in [3.63, 3.8) is 0 Å². The van der Waals surface area contributed by atoms with Gasteiger partial charge < -0.3 is 20.3 Å². The zero-order chi connectivity index (χ0) is 20.2. The Morgan fingerprint density at radius 1 is 1.10 bits per heavy atom. The monoisotopic (exact) mass is 392 g/mol. The lowest BCUT2D eigenvalue weighted by Crippen LogP contribution is -2.46. The first kappa shape index (κ1) is 19.0. The van der Waals surface area contributed by atoms with Gasteiger partial charge in [0.15, 0.2) is 0 Å². The van der Waals surface area contributed by atoms with Crippen molar-refractivity contribution in [2.75, 3.05) is 18.4 Å². The van der Waals surface area contributed by atoms with Crippen LogP contribution in [0.4, 0.5) is 10.5 Å². The average Bonchev–Trinajstić information content (AvgIpc) is 3.12. The quantitative estimate of drug-likeness (QED) is 0.616. The molecular formula is C22H24N4O3. The summed E-state index contributed by atoms with van der Waals surface area (Å²) in [6, 6.07) is 17.0. The van der Waals surface area contributed by atoms with Crippen molar-refractivity contribution in [3.05, 3.63) is 60.4 Å². The number of carboxylic acid groups (broad SMARTS) is 1. The number of aliphatic carboxylic acids is 1. The highest BCUT2D eigenvalue weighted by molar-refractivity contribution is 5.89. The Balaban J connectivity index is 1.49. The smallest absolute Gasteiger partial charge is 0.321 e. The summed E-state index contributed by atoms with van der Waals surface area (Å²) in [5.74, 6) is 0.0760. The SMILES string of the molecule is O=C(O)CC1CCN(C(=O)Nc2ccccc2)CC1Cc1nc2ccccc2[nH]1. The number of urea groups is 1. The van der Waals surface area contributed by atoms with E-state index in [1.807, 2.05) is 54.6 Å². The number of aromatic amines is 1. The molecule has 2 aromatic carbocycles. The van der Waals surface area contributed by atoms with Gasteiger partial charge in [-0.05, 0) is 42.5 Å². The first-order valence-corrected chi connectivity index (χ1v) is 9.85. The number of H-pyrrole nitrogens is 1. The lowest BCUT2D eigenvalue weighted by molar-refractivity contribution is -0.139. The van der Waals surface area contributed by atoms with Gasteiger partial charge in [0.1, 0.15) is 5.82 Å². The number of anilines is 1. The van der Waals surface area contributed by atoms with Crippen molar-refractivity contribution in [1.82, 2.24) is 14.9 Å². The van der Waals surface area contributed by atoms with Crippen molar-refractivity contribution in [1.29, 1.82) is 0 Å². The molecule has 1 aliphatic heterocycles. The van der Waals surface area contributed by atoms with E-state index in [0.29, 0.717) is 25.9 Å². The molecule has 1 saturated heterocycles. The number of carboxylic acids is 1. The molecule has 2 atom stereocenters. The van der Waals surface area contributed by atoms with E-state index in [9.17, 15) is 14.7 Å². The van der Waals surface area contributed by atoms with Gasteiger partial charge in [-0.2, -0.15) is 0 Å². The molecule has 7 nitrogen and oxygen atoms in total. The van der Waals surface area contributed by atoms with Crippen LogP contribution in [-0.2, 0) is 11.2 Å². The van der Waals surface area contributed by atoms with Crippen LogP contribution in [-0.4, -0.2) is 45.1 Å². The lowest BCUT2D eigenvalue weighted by Gasteiger charge is -2.37. The van der Waals surface area contributed by atoms with Crippen LogP contribution < -0.4 is 5.32 Å². The second-order valence-electron chi connectivity index (χ2n) is 7.55. The van der Waals surface area contributed by atoms with E-state index in [4.69, 9.17) is 0 Å². The van der Waals surface area contributed by atoms with Crippen LogP contribution >= 0.6 is 0 Å². The Morgan fingerprint density at radius 3 is 2.62 bits per heavy atom. The fraction of sp³-hybridized carbons (Fsp3) is 0.318. The number of rotatable bonds is 5. The second-order valence-corrected chi connectivity index (χ2v) is 7.55. The maximum absolute atomic E-state index is 12.7. The van der Waals surface area contributed by atoms with Gasteiger partial charge in [-0.1, -0.05) is 30.3 Å². The van der Waals surface area contributed by atoms with E-state index < -0.39 is 5.97 Å². The molecule has 0 saturated carbocycles. The second kappa shape index (κ2) is 8.34. The van der Waals surface area contributed by atoms with E-state index in [1.165, 1.54) is 0 Å². The maximum atomic E-state index is 12.7. The highest BCUT2D eigenvalue weighted by Gasteiger charge is 2.33. The molecule has 29 heavy (non-hydrogen) atoms.